The van der Waals surface area contributed by atoms with Crippen LogP contribution in [0.3, 0.4) is 0 Å². The fourth-order valence-electron chi connectivity index (χ4n) is 1.87. The Kier molecular flexibility index (Phi) is 6.41. The largest absolute Gasteiger partial charge is 0.496 e. The summed E-state index contributed by atoms with van der Waals surface area (Å²) in [6.45, 7) is 5.66. The van der Waals surface area contributed by atoms with Crippen molar-refractivity contribution >= 4 is 0 Å². The topological polar surface area (TPSA) is 38.5 Å². The third kappa shape index (κ3) is 4.59. The van der Waals surface area contributed by atoms with E-state index in [2.05, 4.69) is 43.7 Å². The second-order valence-corrected chi connectivity index (χ2v) is 4.70. The zero-order valence-corrected chi connectivity index (χ0v) is 12.4. The molecule has 0 saturated heterocycles. The van der Waals surface area contributed by atoms with Gasteiger partial charge in [-0.25, -0.2) is 0 Å². The average Bonchev–Trinajstić information content (AvgIpc) is 2.44. The van der Waals surface area contributed by atoms with Gasteiger partial charge in [0.2, 0.25) is 0 Å². The van der Waals surface area contributed by atoms with Gasteiger partial charge in [-0.3, -0.25) is 4.90 Å². The van der Waals surface area contributed by atoms with Gasteiger partial charge < -0.3 is 10.5 Å². The number of rotatable bonds is 5. The molecule has 3 nitrogen and oxygen atoms in total. The molecular formula is C16H24N2O. The van der Waals surface area contributed by atoms with E-state index in [9.17, 15) is 0 Å². The molecule has 3 heteroatoms. The number of methoxy groups -OCH3 is 1. The second-order valence-electron chi connectivity index (χ2n) is 4.70. The molecule has 0 fully saturated rings. The number of benzene rings is 1. The normalized spacial score (nSPS) is 11.9. The van der Waals surface area contributed by atoms with E-state index >= 15 is 0 Å². The molecule has 0 aliphatic heterocycles. The van der Waals surface area contributed by atoms with Gasteiger partial charge in [0.05, 0.1) is 13.7 Å². The lowest BCUT2D eigenvalue weighted by Crippen LogP contribution is -2.28. The van der Waals surface area contributed by atoms with Gasteiger partial charge in [-0.05, 0) is 38.6 Å². The van der Waals surface area contributed by atoms with Crippen LogP contribution in [0.4, 0.5) is 0 Å². The molecule has 0 aromatic heterocycles. The molecule has 1 aromatic carbocycles. The van der Waals surface area contributed by atoms with Crippen LogP contribution in [-0.2, 0) is 6.54 Å². The molecule has 1 unspecified atom stereocenters. The minimum atomic E-state index is 0.383. The van der Waals surface area contributed by atoms with Crippen LogP contribution in [0.1, 0.15) is 31.4 Å². The number of nitrogens with zero attached hydrogens (tertiary/aromatic N) is 1. The molecule has 0 saturated carbocycles. The van der Waals surface area contributed by atoms with Gasteiger partial charge in [0, 0.05) is 23.7 Å². The molecule has 0 spiro atoms. The molecular weight excluding hydrogens is 236 g/mol. The first kappa shape index (κ1) is 15.6. The average molecular weight is 260 g/mol. The Hall–Kier alpha value is -1.50. The molecule has 1 atom stereocenters. The van der Waals surface area contributed by atoms with Crippen molar-refractivity contribution in [2.45, 2.75) is 32.9 Å². The lowest BCUT2D eigenvalue weighted by atomic mass is 10.1. The molecule has 0 heterocycles. The number of hydrogen-bond donors (Lipinski definition) is 1. The summed E-state index contributed by atoms with van der Waals surface area (Å²) in [5, 5.41) is 0. The Morgan fingerprint density at radius 2 is 2.16 bits per heavy atom. The van der Waals surface area contributed by atoms with E-state index in [-0.39, 0.29) is 0 Å². The summed E-state index contributed by atoms with van der Waals surface area (Å²) >= 11 is 0. The molecule has 19 heavy (non-hydrogen) atoms. The molecule has 0 aliphatic rings. The minimum absolute atomic E-state index is 0.383. The Morgan fingerprint density at radius 3 is 2.74 bits per heavy atom. The van der Waals surface area contributed by atoms with Crippen LogP contribution < -0.4 is 10.5 Å². The number of nitrogens with two attached hydrogens (primary N) is 1. The van der Waals surface area contributed by atoms with Crippen LogP contribution in [0, 0.1) is 11.8 Å². The fourth-order valence-corrected chi connectivity index (χ4v) is 1.87. The van der Waals surface area contributed by atoms with E-state index in [1.165, 1.54) is 0 Å². The first-order chi connectivity index (χ1) is 9.12. The summed E-state index contributed by atoms with van der Waals surface area (Å²) < 4.78 is 5.42. The van der Waals surface area contributed by atoms with Gasteiger partial charge in [0.15, 0.2) is 0 Å². The molecule has 104 valence electrons. The molecule has 0 aliphatic carbocycles. The van der Waals surface area contributed by atoms with Gasteiger partial charge in [0.25, 0.3) is 0 Å². The van der Waals surface area contributed by atoms with E-state index in [1.54, 1.807) is 7.11 Å². The van der Waals surface area contributed by atoms with Crippen molar-refractivity contribution in [1.29, 1.82) is 0 Å². The third-order valence-corrected chi connectivity index (χ3v) is 3.38. The zero-order chi connectivity index (χ0) is 14.3. The zero-order valence-electron chi connectivity index (χ0n) is 12.4. The van der Waals surface area contributed by atoms with Crippen molar-refractivity contribution in [3.63, 3.8) is 0 Å². The lowest BCUT2D eigenvalue weighted by Gasteiger charge is -2.24. The maximum atomic E-state index is 5.42. The van der Waals surface area contributed by atoms with Crippen molar-refractivity contribution in [2.75, 3.05) is 20.7 Å². The summed E-state index contributed by atoms with van der Waals surface area (Å²) in [6, 6.07) is 6.57. The van der Waals surface area contributed by atoms with Crippen molar-refractivity contribution in [2.24, 2.45) is 5.73 Å². The SMILES string of the molecule is CCC(C)N(C)Cc1cc(C#CCN)ccc1OC. The molecule has 0 radical (unpaired) electrons. The Balaban J connectivity index is 2.95. The number of hydrogen-bond acceptors (Lipinski definition) is 3. The standard InChI is InChI=1S/C16H24N2O/c1-5-13(2)18(3)12-15-11-14(7-6-10-17)8-9-16(15)19-4/h8-9,11,13H,5,10,12,17H2,1-4H3. The van der Waals surface area contributed by atoms with Crippen LogP contribution in [0.5, 0.6) is 5.75 Å². The van der Waals surface area contributed by atoms with E-state index in [0.29, 0.717) is 12.6 Å². The summed E-state index contributed by atoms with van der Waals surface area (Å²) in [7, 11) is 3.83. The highest BCUT2D eigenvalue weighted by atomic mass is 16.5. The summed E-state index contributed by atoms with van der Waals surface area (Å²) in [6.07, 6.45) is 1.13. The first-order valence-corrected chi connectivity index (χ1v) is 6.68. The minimum Gasteiger partial charge on any atom is -0.496 e. The van der Waals surface area contributed by atoms with E-state index in [1.807, 2.05) is 12.1 Å². The number of ether oxygens (including phenoxy) is 1. The van der Waals surface area contributed by atoms with E-state index in [4.69, 9.17) is 10.5 Å². The monoisotopic (exact) mass is 260 g/mol. The molecule has 1 rings (SSSR count). The predicted molar refractivity (Wildman–Crippen MR) is 80.1 cm³/mol. The summed E-state index contributed by atoms with van der Waals surface area (Å²) in [4.78, 5) is 2.32. The maximum absolute atomic E-state index is 5.42. The Labute approximate surface area is 116 Å². The molecule has 2 N–H and O–H groups in total. The Morgan fingerprint density at radius 1 is 1.42 bits per heavy atom. The van der Waals surface area contributed by atoms with Crippen molar-refractivity contribution in [1.82, 2.24) is 4.90 Å². The van der Waals surface area contributed by atoms with Crippen LogP contribution >= 0.6 is 0 Å². The van der Waals surface area contributed by atoms with Crippen LogP contribution in [0.2, 0.25) is 0 Å². The molecule has 0 bridgehead atoms. The predicted octanol–water partition coefficient (Wildman–Crippen LogP) is 2.24. The van der Waals surface area contributed by atoms with Crippen molar-refractivity contribution in [3.8, 4) is 17.6 Å². The van der Waals surface area contributed by atoms with E-state index < -0.39 is 0 Å². The highest BCUT2D eigenvalue weighted by molar-refractivity contribution is 5.44. The Bertz CT molecular complexity index is 460. The van der Waals surface area contributed by atoms with Crippen LogP contribution in [-0.4, -0.2) is 31.6 Å². The van der Waals surface area contributed by atoms with Gasteiger partial charge in [-0.15, -0.1) is 0 Å². The van der Waals surface area contributed by atoms with Crippen LogP contribution in [0.15, 0.2) is 18.2 Å². The summed E-state index contributed by atoms with van der Waals surface area (Å²) in [5.74, 6) is 6.85. The van der Waals surface area contributed by atoms with Crippen LogP contribution in [0.25, 0.3) is 0 Å². The molecule has 1 aromatic rings. The van der Waals surface area contributed by atoms with Gasteiger partial charge in [0.1, 0.15) is 5.75 Å². The third-order valence-electron chi connectivity index (χ3n) is 3.38. The second kappa shape index (κ2) is 7.83. The molecule has 0 amide bonds. The highest BCUT2D eigenvalue weighted by Crippen LogP contribution is 2.22. The maximum Gasteiger partial charge on any atom is 0.123 e. The lowest BCUT2D eigenvalue weighted by molar-refractivity contribution is 0.240. The first-order valence-electron chi connectivity index (χ1n) is 6.68. The van der Waals surface area contributed by atoms with E-state index in [0.717, 1.165) is 29.8 Å². The highest BCUT2D eigenvalue weighted by Gasteiger charge is 2.11. The smallest absolute Gasteiger partial charge is 0.123 e. The van der Waals surface area contributed by atoms with Gasteiger partial charge >= 0.3 is 0 Å². The quantitative estimate of drug-likeness (QED) is 0.825. The summed E-state index contributed by atoms with van der Waals surface area (Å²) in [5.41, 5.74) is 7.55. The van der Waals surface area contributed by atoms with Gasteiger partial charge in [-0.1, -0.05) is 18.8 Å². The van der Waals surface area contributed by atoms with Crippen molar-refractivity contribution in [3.05, 3.63) is 29.3 Å². The van der Waals surface area contributed by atoms with Gasteiger partial charge in [-0.2, -0.15) is 0 Å². The fraction of sp³-hybridized carbons (Fsp3) is 0.500. The van der Waals surface area contributed by atoms with Crippen molar-refractivity contribution < 1.29 is 4.74 Å².